The van der Waals surface area contributed by atoms with Crippen LogP contribution in [0.3, 0.4) is 0 Å². The highest BCUT2D eigenvalue weighted by Gasteiger charge is 2.19. The monoisotopic (exact) mass is 328 g/mol. The Morgan fingerprint density at radius 2 is 1.62 bits per heavy atom. The highest BCUT2D eigenvalue weighted by molar-refractivity contribution is 5.72. The first-order chi connectivity index (χ1) is 11.2. The molecular weight excluding hydrogens is 304 g/mol. The molecule has 0 amide bonds. The fraction of sp³-hybridized carbons (Fsp3) is 0.350. The van der Waals surface area contributed by atoms with Crippen LogP contribution in [0, 0.1) is 6.92 Å². The van der Waals surface area contributed by atoms with Gasteiger partial charge in [0.15, 0.2) is 6.10 Å². The van der Waals surface area contributed by atoms with Crippen molar-refractivity contribution >= 4 is 5.97 Å². The number of aryl methyl sites for hydroxylation is 1. The molecule has 1 unspecified atom stereocenters. The van der Waals surface area contributed by atoms with Crippen molar-refractivity contribution in [3.05, 3.63) is 53.6 Å². The average Bonchev–Trinajstić information content (AvgIpc) is 2.48. The fourth-order valence-electron chi connectivity index (χ4n) is 2.30. The highest BCUT2D eigenvalue weighted by atomic mass is 16.5. The third-order valence-electron chi connectivity index (χ3n) is 3.66. The first-order valence-corrected chi connectivity index (χ1v) is 7.95. The number of hydrogen-bond donors (Lipinski definition) is 1. The normalized spacial score (nSPS) is 12.5. The van der Waals surface area contributed by atoms with Gasteiger partial charge >= 0.3 is 5.97 Å². The summed E-state index contributed by atoms with van der Waals surface area (Å²) in [5.41, 5.74) is 2.24. The molecule has 0 radical (unpaired) electrons. The molecule has 4 nitrogen and oxygen atoms in total. The zero-order valence-corrected chi connectivity index (χ0v) is 14.8. The summed E-state index contributed by atoms with van der Waals surface area (Å²) < 4.78 is 11.4. The van der Waals surface area contributed by atoms with Gasteiger partial charge in [-0.05, 0) is 55.2 Å². The first kappa shape index (κ1) is 17.9. The molecule has 0 saturated heterocycles. The minimum Gasteiger partial charge on any atom is -0.479 e. The second-order valence-corrected chi connectivity index (χ2v) is 6.92. The van der Waals surface area contributed by atoms with E-state index in [1.165, 1.54) is 6.92 Å². The lowest BCUT2D eigenvalue weighted by Gasteiger charge is -2.23. The Morgan fingerprint density at radius 3 is 2.17 bits per heavy atom. The number of hydrogen-bond acceptors (Lipinski definition) is 3. The van der Waals surface area contributed by atoms with Crippen molar-refractivity contribution in [1.29, 1.82) is 0 Å². The van der Waals surface area contributed by atoms with E-state index >= 15 is 0 Å². The summed E-state index contributed by atoms with van der Waals surface area (Å²) in [6, 6.07) is 13.2. The van der Waals surface area contributed by atoms with Crippen LogP contribution in [-0.2, 0) is 10.2 Å². The lowest BCUT2D eigenvalue weighted by molar-refractivity contribution is -0.144. The van der Waals surface area contributed by atoms with Crippen molar-refractivity contribution in [3.63, 3.8) is 0 Å². The van der Waals surface area contributed by atoms with E-state index in [4.69, 9.17) is 14.6 Å². The van der Waals surface area contributed by atoms with E-state index in [0.717, 1.165) is 16.9 Å². The molecule has 0 aliphatic rings. The van der Waals surface area contributed by atoms with Crippen LogP contribution in [0.1, 0.15) is 38.8 Å². The zero-order chi connectivity index (χ0) is 17.9. The summed E-state index contributed by atoms with van der Waals surface area (Å²) in [4.78, 5) is 10.8. The number of benzene rings is 2. The molecule has 128 valence electrons. The van der Waals surface area contributed by atoms with Crippen molar-refractivity contribution in [2.75, 3.05) is 0 Å². The van der Waals surface area contributed by atoms with Gasteiger partial charge in [-0.15, -0.1) is 0 Å². The van der Waals surface area contributed by atoms with E-state index in [2.05, 4.69) is 32.9 Å². The van der Waals surface area contributed by atoms with Crippen molar-refractivity contribution in [1.82, 2.24) is 0 Å². The lowest BCUT2D eigenvalue weighted by atomic mass is 9.86. The summed E-state index contributed by atoms with van der Waals surface area (Å²) >= 11 is 0. The molecule has 0 aliphatic carbocycles. The molecule has 0 saturated carbocycles. The molecule has 2 rings (SSSR count). The molecule has 4 heteroatoms. The fourth-order valence-corrected chi connectivity index (χ4v) is 2.30. The maximum Gasteiger partial charge on any atom is 0.344 e. The number of ether oxygens (including phenoxy) is 2. The predicted molar refractivity (Wildman–Crippen MR) is 94.1 cm³/mol. The van der Waals surface area contributed by atoms with Gasteiger partial charge in [0.25, 0.3) is 0 Å². The number of carboxylic acid groups (broad SMARTS) is 1. The van der Waals surface area contributed by atoms with Gasteiger partial charge in [-0.2, -0.15) is 0 Å². The second-order valence-electron chi connectivity index (χ2n) is 6.92. The number of carbonyl (C=O) groups is 1. The summed E-state index contributed by atoms with van der Waals surface area (Å²) in [5.74, 6) is 1.01. The van der Waals surface area contributed by atoms with E-state index in [1.54, 1.807) is 24.3 Å². The molecule has 0 fully saturated rings. The largest absolute Gasteiger partial charge is 0.479 e. The molecular formula is C20H24O4. The van der Waals surface area contributed by atoms with Crippen molar-refractivity contribution in [2.24, 2.45) is 0 Å². The summed E-state index contributed by atoms with van der Waals surface area (Å²) in [6.45, 7) is 9.97. The Bertz CT molecular complexity index is 711. The topological polar surface area (TPSA) is 55.8 Å². The van der Waals surface area contributed by atoms with Gasteiger partial charge < -0.3 is 14.6 Å². The van der Waals surface area contributed by atoms with Crippen molar-refractivity contribution in [3.8, 4) is 17.2 Å². The number of aliphatic carboxylic acids is 1. The van der Waals surface area contributed by atoms with Crippen LogP contribution >= 0.6 is 0 Å². The van der Waals surface area contributed by atoms with Gasteiger partial charge in [0, 0.05) is 5.56 Å². The first-order valence-electron chi connectivity index (χ1n) is 7.95. The van der Waals surface area contributed by atoms with E-state index in [9.17, 15) is 4.79 Å². The minimum atomic E-state index is -0.995. The molecule has 1 atom stereocenters. The van der Waals surface area contributed by atoms with Crippen LogP contribution in [0.4, 0.5) is 0 Å². The van der Waals surface area contributed by atoms with E-state index in [-0.39, 0.29) is 5.41 Å². The predicted octanol–water partition coefficient (Wildman–Crippen LogP) is 4.94. The SMILES string of the molecule is Cc1ccc(C(C)(C)C)c(Oc2ccc(OC(C)C(=O)O)cc2)c1. The molecule has 24 heavy (non-hydrogen) atoms. The quantitative estimate of drug-likeness (QED) is 0.845. The average molecular weight is 328 g/mol. The van der Waals surface area contributed by atoms with Crippen molar-refractivity contribution in [2.45, 2.75) is 46.1 Å². The number of rotatable bonds is 5. The maximum atomic E-state index is 10.8. The highest BCUT2D eigenvalue weighted by Crippen LogP contribution is 2.35. The van der Waals surface area contributed by atoms with Crippen LogP contribution in [0.15, 0.2) is 42.5 Å². The summed E-state index contributed by atoms with van der Waals surface area (Å²) in [7, 11) is 0. The molecule has 1 N–H and O–H groups in total. The molecule has 2 aromatic rings. The molecule has 2 aromatic carbocycles. The third kappa shape index (κ3) is 4.51. The van der Waals surface area contributed by atoms with Gasteiger partial charge in [-0.1, -0.05) is 32.9 Å². The van der Waals surface area contributed by atoms with Crippen LogP contribution in [0.25, 0.3) is 0 Å². The van der Waals surface area contributed by atoms with Crippen LogP contribution in [0.2, 0.25) is 0 Å². The van der Waals surface area contributed by atoms with Gasteiger partial charge in [0.2, 0.25) is 0 Å². The Labute approximate surface area is 143 Å². The van der Waals surface area contributed by atoms with Gasteiger partial charge in [0.05, 0.1) is 0 Å². The van der Waals surface area contributed by atoms with E-state index in [1.807, 2.05) is 13.0 Å². The van der Waals surface area contributed by atoms with E-state index < -0.39 is 12.1 Å². The minimum absolute atomic E-state index is 0.0248. The Balaban J connectivity index is 2.20. The Hall–Kier alpha value is -2.49. The third-order valence-corrected chi connectivity index (χ3v) is 3.66. The lowest BCUT2D eigenvalue weighted by Crippen LogP contribution is -2.22. The van der Waals surface area contributed by atoms with Crippen LogP contribution in [-0.4, -0.2) is 17.2 Å². The van der Waals surface area contributed by atoms with Gasteiger partial charge in [-0.3, -0.25) is 0 Å². The van der Waals surface area contributed by atoms with E-state index in [0.29, 0.717) is 11.5 Å². The molecule has 0 bridgehead atoms. The Kier molecular flexibility index (Phi) is 5.17. The summed E-state index contributed by atoms with van der Waals surface area (Å²) in [6.07, 6.45) is -0.888. The standard InChI is InChI=1S/C20H24O4/c1-13-6-11-17(20(3,4)5)18(12-13)24-16-9-7-15(8-10-16)23-14(2)19(21)22/h6-12,14H,1-5H3,(H,21,22). The zero-order valence-electron chi connectivity index (χ0n) is 14.8. The smallest absolute Gasteiger partial charge is 0.344 e. The Morgan fingerprint density at radius 1 is 1.04 bits per heavy atom. The van der Waals surface area contributed by atoms with Gasteiger partial charge in [-0.25, -0.2) is 4.79 Å². The van der Waals surface area contributed by atoms with Crippen LogP contribution in [0.5, 0.6) is 17.2 Å². The van der Waals surface area contributed by atoms with Gasteiger partial charge in [0.1, 0.15) is 17.2 Å². The second kappa shape index (κ2) is 6.95. The van der Waals surface area contributed by atoms with Crippen LogP contribution < -0.4 is 9.47 Å². The maximum absolute atomic E-state index is 10.8. The number of carboxylic acids is 1. The van der Waals surface area contributed by atoms with Crippen molar-refractivity contribution < 1.29 is 19.4 Å². The molecule has 0 aromatic heterocycles. The molecule has 0 spiro atoms. The molecule has 0 aliphatic heterocycles. The molecule has 0 heterocycles. The summed E-state index contributed by atoms with van der Waals surface area (Å²) in [5, 5.41) is 8.88.